The third kappa shape index (κ3) is 3.94. The highest BCUT2D eigenvalue weighted by molar-refractivity contribution is 5.10. The van der Waals surface area contributed by atoms with Crippen LogP contribution in [-0.4, -0.2) is 29.0 Å². The van der Waals surface area contributed by atoms with Crippen LogP contribution in [0.2, 0.25) is 0 Å². The zero-order valence-electron chi connectivity index (χ0n) is 10.6. The van der Waals surface area contributed by atoms with Crippen LogP contribution in [0, 0.1) is 6.92 Å². The first kappa shape index (κ1) is 13.2. The first-order valence-electron chi connectivity index (χ1n) is 6.04. The number of hydrogen-bond donors (Lipinski definition) is 1. The van der Waals surface area contributed by atoms with E-state index in [1.165, 1.54) is 5.69 Å². The fourth-order valence-electron chi connectivity index (χ4n) is 1.79. The van der Waals surface area contributed by atoms with Crippen molar-refractivity contribution in [2.75, 3.05) is 13.2 Å². The summed E-state index contributed by atoms with van der Waals surface area (Å²) in [5.41, 5.74) is 8.35. The van der Waals surface area contributed by atoms with Crippen LogP contribution in [-0.2, 0) is 17.7 Å². The lowest BCUT2D eigenvalue weighted by Crippen LogP contribution is -2.26. The van der Waals surface area contributed by atoms with E-state index in [1.54, 1.807) is 0 Å². The molecule has 4 heteroatoms. The maximum absolute atomic E-state index is 6.06. The van der Waals surface area contributed by atoms with Gasteiger partial charge in [-0.05, 0) is 33.3 Å². The van der Waals surface area contributed by atoms with Crippen molar-refractivity contribution in [3.05, 3.63) is 17.5 Å². The first-order valence-corrected chi connectivity index (χ1v) is 6.04. The molecule has 4 nitrogen and oxygen atoms in total. The maximum atomic E-state index is 6.06. The minimum atomic E-state index is 0.160. The highest BCUT2D eigenvalue weighted by Crippen LogP contribution is 2.07. The summed E-state index contributed by atoms with van der Waals surface area (Å²) in [6, 6.07) is 2.28. The second kappa shape index (κ2) is 6.66. The Labute approximate surface area is 97.8 Å². The van der Waals surface area contributed by atoms with E-state index < -0.39 is 0 Å². The minimum Gasteiger partial charge on any atom is -0.382 e. The summed E-state index contributed by atoms with van der Waals surface area (Å²) in [5, 5.41) is 4.41. The molecule has 0 amide bonds. The van der Waals surface area contributed by atoms with Gasteiger partial charge >= 0.3 is 0 Å². The number of hydrogen-bond acceptors (Lipinski definition) is 3. The van der Waals surface area contributed by atoms with Crippen LogP contribution >= 0.6 is 0 Å². The smallest absolute Gasteiger partial charge is 0.0596 e. The van der Waals surface area contributed by atoms with Crippen molar-refractivity contribution in [1.29, 1.82) is 0 Å². The molecule has 0 saturated heterocycles. The molecule has 16 heavy (non-hydrogen) atoms. The molecule has 0 fully saturated rings. The van der Waals surface area contributed by atoms with Crippen LogP contribution in [0.25, 0.3) is 0 Å². The largest absolute Gasteiger partial charge is 0.382 e. The van der Waals surface area contributed by atoms with Gasteiger partial charge in [0.15, 0.2) is 0 Å². The minimum absolute atomic E-state index is 0.160. The van der Waals surface area contributed by atoms with Crippen LogP contribution in [0.5, 0.6) is 0 Å². The molecule has 1 unspecified atom stereocenters. The van der Waals surface area contributed by atoms with Gasteiger partial charge in [0.25, 0.3) is 0 Å². The predicted molar refractivity (Wildman–Crippen MR) is 65.4 cm³/mol. The standard InChI is InChI=1S/C12H23N3O/c1-4-15-12(8-10(3)14-15)9-11(13)6-7-16-5-2/h8,11H,4-7,9,13H2,1-3H3. The Morgan fingerprint density at radius 3 is 2.88 bits per heavy atom. The molecule has 1 rings (SSSR count). The van der Waals surface area contributed by atoms with Gasteiger partial charge < -0.3 is 10.5 Å². The molecule has 92 valence electrons. The van der Waals surface area contributed by atoms with E-state index in [9.17, 15) is 0 Å². The summed E-state index contributed by atoms with van der Waals surface area (Å²) < 4.78 is 7.32. The molecule has 0 aromatic carbocycles. The molecule has 0 radical (unpaired) electrons. The van der Waals surface area contributed by atoms with Gasteiger partial charge in [-0.2, -0.15) is 5.10 Å². The van der Waals surface area contributed by atoms with Gasteiger partial charge in [0.1, 0.15) is 0 Å². The Hall–Kier alpha value is -0.870. The zero-order chi connectivity index (χ0) is 12.0. The molecule has 0 aliphatic heterocycles. The maximum Gasteiger partial charge on any atom is 0.0596 e. The van der Waals surface area contributed by atoms with Gasteiger partial charge in [-0.15, -0.1) is 0 Å². The molecule has 2 N–H and O–H groups in total. The van der Waals surface area contributed by atoms with Crippen molar-refractivity contribution in [2.45, 2.75) is 46.2 Å². The normalized spacial score (nSPS) is 13.0. The molecule has 1 aromatic heterocycles. The van der Waals surface area contributed by atoms with E-state index in [0.29, 0.717) is 0 Å². The number of aromatic nitrogens is 2. The van der Waals surface area contributed by atoms with Crippen molar-refractivity contribution >= 4 is 0 Å². The van der Waals surface area contributed by atoms with E-state index in [4.69, 9.17) is 10.5 Å². The van der Waals surface area contributed by atoms with Crippen molar-refractivity contribution in [1.82, 2.24) is 9.78 Å². The average Bonchev–Trinajstić information content (AvgIpc) is 2.59. The molecular weight excluding hydrogens is 202 g/mol. The van der Waals surface area contributed by atoms with Gasteiger partial charge in [-0.25, -0.2) is 0 Å². The summed E-state index contributed by atoms with van der Waals surface area (Å²) in [4.78, 5) is 0. The van der Waals surface area contributed by atoms with Crippen LogP contribution in [0.3, 0.4) is 0 Å². The summed E-state index contributed by atoms with van der Waals surface area (Å²) in [7, 11) is 0. The first-order chi connectivity index (χ1) is 7.67. The number of nitrogens with zero attached hydrogens (tertiary/aromatic N) is 2. The lowest BCUT2D eigenvalue weighted by molar-refractivity contribution is 0.139. The van der Waals surface area contributed by atoms with Crippen LogP contribution < -0.4 is 5.73 Å². The van der Waals surface area contributed by atoms with E-state index in [2.05, 4.69) is 18.1 Å². The molecule has 1 heterocycles. The number of rotatable bonds is 7. The summed E-state index contributed by atoms with van der Waals surface area (Å²) in [6.45, 7) is 8.53. The third-order valence-corrected chi connectivity index (χ3v) is 2.59. The Morgan fingerprint density at radius 1 is 1.50 bits per heavy atom. The van der Waals surface area contributed by atoms with Crippen molar-refractivity contribution in [2.24, 2.45) is 5.73 Å². The van der Waals surface area contributed by atoms with Crippen LogP contribution in [0.15, 0.2) is 6.07 Å². The summed E-state index contributed by atoms with van der Waals surface area (Å²) in [6.07, 6.45) is 1.78. The molecule has 0 saturated carbocycles. The van der Waals surface area contributed by atoms with Gasteiger partial charge in [-0.1, -0.05) is 0 Å². The van der Waals surface area contributed by atoms with Crippen LogP contribution in [0.4, 0.5) is 0 Å². The van der Waals surface area contributed by atoms with E-state index in [1.807, 2.05) is 18.5 Å². The van der Waals surface area contributed by atoms with Crippen molar-refractivity contribution < 1.29 is 4.74 Å². The number of ether oxygens (including phenoxy) is 1. The number of nitrogens with two attached hydrogens (primary N) is 1. The van der Waals surface area contributed by atoms with E-state index >= 15 is 0 Å². The Balaban J connectivity index is 2.45. The molecular formula is C12H23N3O. The molecule has 1 atom stereocenters. The molecule has 0 aliphatic rings. The highest BCUT2D eigenvalue weighted by atomic mass is 16.5. The molecule has 0 bridgehead atoms. The third-order valence-electron chi connectivity index (χ3n) is 2.59. The molecule has 0 aliphatic carbocycles. The van der Waals surface area contributed by atoms with Gasteiger partial charge in [-0.3, -0.25) is 4.68 Å². The van der Waals surface area contributed by atoms with E-state index in [0.717, 1.165) is 38.3 Å². The summed E-state index contributed by atoms with van der Waals surface area (Å²) >= 11 is 0. The van der Waals surface area contributed by atoms with Gasteiger partial charge in [0.2, 0.25) is 0 Å². The Kier molecular flexibility index (Phi) is 5.49. The van der Waals surface area contributed by atoms with E-state index in [-0.39, 0.29) is 6.04 Å². The lowest BCUT2D eigenvalue weighted by atomic mass is 10.1. The number of aryl methyl sites for hydroxylation is 2. The van der Waals surface area contributed by atoms with Crippen molar-refractivity contribution in [3.8, 4) is 0 Å². The second-order valence-corrected chi connectivity index (χ2v) is 4.04. The summed E-state index contributed by atoms with van der Waals surface area (Å²) in [5.74, 6) is 0. The fraction of sp³-hybridized carbons (Fsp3) is 0.750. The van der Waals surface area contributed by atoms with Crippen molar-refractivity contribution in [3.63, 3.8) is 0 Å². The topological polar surface area (TPSA) is 53.1 Å². The van der Waals surface area contributed by atoms with Crippen LogP contribution in [0.1, 0.15) is 31.7 Å². The SMILES string of the molecule is CCOCCC(N)Cc1cc(C)nn1CC. The molecule has 1 aromatic rings. The second-order valence-electron chi connectivity index (χ2n) is 4.04. The average molecular weight is 225 g/mol. The predicted octanol–water partition coefficient (Wildman–Crippen LogP) is 1.51. The zero-order valence-corrected chi connectivity index (χ0v) is 10.6. The quantitative estimate of drug-likeness (QED) is 0.716. The Bertz CT molecular complexity index is 309. The highest BCUT2D eigenvalue weighted by Gasteiger charge is 2.09. The lowest BCUT2D eigenvalue weighted by Gasteiger charge is -2.12. The molecule has 0 spiro atoms. The van der Waals surface area contributed by atoms with Gasteiger partial charge in [0, 0.05) is 37.9 Å². The fourth-order valence-corrected chi connectivity index (χ4v) is 1.79. The monoisotopic (exact) mass is 225 g/mol. The van der Waals surface area contributed by atoms with Gasteiger partial charge in [0.05, 0.1) is 5.69 Å². The Morgan fingerprint density at radius 2 is 2.25 bits per heavy atom.